The third kappa shape index (κ3) is 5.06. The van der Waals surface area contributed by atoms with E-state index in [-0.39, 0.29) is 17.2 Å². The predicted molar refractivity (Wildman–Crippen MR) is 138 cm³/mol. The molecule has 5 rings (SSSR count). The SMILES string of the molecule is CC(=O)c1ccccc1OCCSc1nnc(-c2nn(Cc3ccccc3)c(=O)c3ccccc23)o1. The summed E-state index contributed by atoms with van der Waals surface area (Å²) in [5.41, 5.74) is 1.77. The van der Waals surface area contributed by atoms with Crippen LogP contribution >= 0.6 is 11.8 Å². The van der Waals surface area contributed by atoms with Crippen molar-refractivity contribution in [2.75, 3.05) is 12.4 Å². The van der Waals surface area contributed by atoms with Gasteiger partial charge in [-0.2, -0.15) is 5.10 Å². The molecule has 0 saturated heterocycles. The van der Waals surface area contributed by atoms with E-state index in [2.05, 4.69) is 15.3 Å². The fraction of sp³-hybridized carbons (Fsp3) is 0.148. The number of Topliss-reactive ketones (excluding diaryl/α,β-unsaturated/α-hetero) is 1. The molecule has 0 unspecified atom stereocenters. The van der Waals surface area contributed by atoms with Crippen molar-refractivity contribution in [3.63, 3.8) is 0 Å². The van der Waals surface area contributed by atoms with Gasteiger partial charge in [0, 0.05) is 11.1 Å². The number of rotatable bonds is 9. The lowest BCUT2D eigenvalue weighted by Gasteiger charge is -2.09. The van der Waals surface area contributed by atoms with E-state index in [9.17, 15) is 9.59 Å². The van der Waals surface area contributed by atoms with Crippen LogP contribution in [-0.2, 0) is 6.54 Å². The number of ketones is 1. The minimum atomic E-state index is -0.185. The Hall–Kier alpha value is -4.24. The first-order valence-electron chi connectivity index (χ1n) is 11.3. The zero-order valence-electron chi connectivity index (χ0n) is 19.5. The van der Waals surface area contributed by atoms with Crippen molar-refractivity contribution in [2.24, 2.45) is 0 Å². The Morgan fingerprint density at radius 3 is 2.47 bits per heavy atom. The number of benzene rings is 3. The number of hydrogen-bond acceptors (Lipinski definition) is 8. The molecule has 0 radical (unpaired) electrons. The second kappa shape index (κ2) is 10.6. The summed E-state index contributed by atoms with van der Waals surface area (Å²) >= 11 is 1.34. The average molecular weight is 499 g/mol. The van der Waals surface area contributed by atoms with Crippen LogP contribution in [0.4, 0.5) is 0 Å². The maximum absolute atomic E-state index is 13.1. The summed E-state index contributed by atoms with van der Waals surface area (Å²) < 4.78 is 13.1. The molecule has 0 aliphatic carbocycles. The summed E-state index contributed by atoms with van der Waals surface area (Å²) in [5.74, 6) is 1.27. The number of para-hydroxylation sites is 1. The van der Waals surface area contributed by atoms with Gasteiger partial charge in [0.2, 0.25) is 0 Å². The van der Waals surface area contributed by atoms with Crippen molar-refractivity contribution in [3.05, 3.63) is 100 Å². The van der Waals surface area contributed by atoms with Gasteiger partial charge in [-0.15, -0.1) is 10.2 Å². The maximum atomic E-state index is 13.1. The molecule has 0 aliphatic rings. The summed E-state index contributed by atoms with van der Waals surface area (Å²) in [5, 5.41) is 14.4. The van der Waals surface area contributed by atoms with Crippen LogP contribution in [0.25, 0.3) is 22.4 Å². The molecule has 0 bridgehead atoms. The monoisotopic (exact) mass is 498 g/mol. The van der Waals surface area contributed by atoms with Crippen molar-refractivity contribution in [3.8, 4) is 17.3 Å². The van der Waals surface area contributed by atoms with Gasteiger partial charge >= 0.3 is 0 Å². The molecule has 3 aromatic carbocycles. The van der Waals surface area contributed by atoms with Crippen LogP contribution in [-0.4, -0.2) is 38.1 Å². The van der Waals surface area contributed by atoms with E-state index in [1.807, 2.05) is 54.6 Å². The van der Waals surface area contributed by atoms with Crippen LogP contribution in [0.15, 0.2) is 93.3 Å². The molecular weight excluding hydrogens is 476 g/mol. The molecule has 0 spiro atoms. The third-order valence-corrected chi connectivity index (χ3v) is 6.27. The Morgan fingerprint density at radius 2 is 1.67 bits per heavy atom. The zero-order chi connectivity index (χ0) is 24.9. The largest absolute Gasteiger partial charge is 0.492 e. The van der Waals surface area contributed by atoms with Gasteiger partial charge in [0.25, 0.3) is 16.7 Å². The zero-order valence-corrected chi connectivity index (χ0v) is 20.3. The Bertz CT molecular complexity index is 1580. The molecule has 0 aliphatic heterocycles. The second-order valence-electron chi connectivity index (χ2n) is 7.96. The number of carbonyl (C=O) groups excluding carboxylic acids is 1. The van der Waals surface area contributed by atoms with Gasteiger partial charge in [-0.3, -0.25) is 9.59 Å². The fourth-order valence-corrected chi connectivity index (χ4v) is 4.36. The summed E-state index contributed by atoms with van der Waals surface area (Å²) in [6, 6.07) is 24.1. The van der Waals surface area contributed by atoms with E-state index in [0.29, 0.717) is 51.9 Å². The van der Waals surface area contributed by atoms with Crippen LogP contribution in [0, 0.1) is 0 Å². The molecule has 0 saturated carbocycles. The molecule has 9 heteroatoms. The first-order chi connectivity index (χ1) is 17.6. The highest BCUT2D eigenvalue weighted by Crippen LogP contribution is 2.27. The fourth-order valence-electron chi connectivity index (χ4n) is 3.78. The number of carbonyl (C=O) groups is 1. The van der Waals surface area contributed by atoms with Crippen molar-refractivity contribution < 1.29 is 13.9 Å². The third-order valence-electron chi connectivity index (χ3n) is 5.48. The molecule has 0 N–H and O–H groups in total. The molecule has 36 heavy (non-hydrogen) atoms. The topological polar surface area (TPSA) is 100 Å². The van der Waals surface area contributed by atoms with Gasteiger partial charge in [-0.25, -0.2) is 4.68 Å². The molecule has 180 valence electrons. The van der Waals surface area contributed by atoms with E-state index in [0.717, 1.165) is 5.56 Å². The Morgan fingerprint density at radius 1 is 0.944 bits per heavy atom. The van der Waals surface area contributed by atoms with Crippen LogP contribution in [0.3, 0.4) is 0 Å². The minimum absolute atomic E-state index is 0.0480. The lowest BCUT2D eigenvalue weighted by molar-refractivity contribution is 0.101. The lowest BCUT2D eigenvalue weighted by atomic mass is 10.1. The molecule has 2 aromatic heterocycles. The summed E-state index contributed by atoms with van der Waals surface area (Å²) in [6.45, 7) is 2.19. The van der Waals surface area contributed by atoms with E-state index in [4.69, 9.17) is 9.15 Å². The smallest absolute Gasteiger partial charge is 0.277 e. The second-order valence-corrected chi connectivity index (χ2v) is 9.01. The number of thioether (sulfide) groups is 1. The van der Waals surface area contributed by atoms with Crippen molar-refractivity contribution in [1.82, 2.24) is 20.0 Å². The summed E-state index contributed by atoms with van der Waals surface area (Å²) in [6.07, 6.45) is 0. The van der Waals surface area contributed by atoms with Gasteiger partial charge in [-0.05, 0) is 30.7 Å². The van der Waals surface area contributed by atoms with Gasteiger partial charge in [0.15, 0.2) is 11.5 Å². The van der Waals surface area contributed by atoms with E-state index in [1.165, 1.54) is 23.4 Å². The average Bonchev–Trinajstić information content (AvgIpc) is 3.38. The highest BCUT2D eigenvalue weighted by molar-refractivity contribution is 7.99. The highest BCUT2D eigenvalue weighted by atomic mass is 32.2. The van der Waals surface area contributed by atoms with Crippen molar-refractivity contribution in [2.45, 2.75) is 18.7 Å². The molecular formula is C27H22N4O4S. The van der Waals surface area contributed by atoms with E-state index < -0.39 is 0 Å². The summed E-state index contributed by atoms with van der Waals surface area (Å²) in [7, 11) is 0. The molecule has 0 amide bonds. The van der Waals surface area contributed by atoms with Crippen LogP contribution in [0.1, 0.15) is 22.8 Å². The number of hydrogen-bond donors (Lipinski definition) is 0. The number of aromatic nitrogens is 4. The normalized spacial score (nSPS) is 11.0. The Balaban J connectivity index is 1.35. The molecule has 2 heterocycles. The minimum Gasteiger partial charge on any atom is -0.492 e. The molecule has 8 nitrogen and oxygen atoms in total. The van der Waals surface area contributed by atoms with Gasteiger partial charge in [-0.1, -0.05) is 72.4 Å². The Labute approximate surface area is 210 Å². The van der Waals surface area contributed by atoms with Gasteiger partial charge in [0.1, 0.15) is 5.75 Å². The number of nitrogens with zero attached hydrogens (tertiary/aromatic N) is 4. The molecule has 0 fully saturated rings. The summed E-state index contributed by atoms with van der Waals surface area (Å²) in [4.78, 5) is 24.8. The Kier molecular flexibility index (Phi) is 6.90. The van der Waals surface area contributed by atoms with Crippen LogP contribution in [0.5, 0.6) is 5.75 Å². The molecule has 0 atom stereocenters. The van der Waals surface area contributed by atoms with Gasteiger partial charge < -0.3 is 9.15 Å². The first kappa shape index (κ1) is 23.5. The lowest BCUT2D eigenvalue weighted by Crippen LogP contribution is -2.24. The molecule has 5 aromatic rings. The standard InChI is InChI=1S/C27H22N4O4S/c1-18(32)20-11-7-8-14-23(20)34-15-16-36-27-29-28-25(35-27)24-21-12-5-6-13-22(21)26(33)31(30-24)17-19-9-3-2-4-10-19/h2-14H,15-17H2,1H3. The first-order valence-corrected chi connectivity index (χ1v) is 12.3. The van der Waals surface area contributed by atoms with Crippen LogP contribution < -0.4 is 10.3 Å². The van der Waals surface area contributed by atoms with E-state index >= 15 is 0 Å². The van der Waals surface area contributed by atoms with Crippen LogP contribution in [0.2, 0.25) is 0 Å². The van der Waals surface area contributed by atoms with Crippen molar-refractivity contribution in [1.29, 1.82) is 0 Å². The number of fused-ring (bicyclic) bond motifs is 1. The van der Waals surface area contributed by atoms with Gasteiger partial charge in [0.05, 0.1) is 24.1 Å². The van der Waals surface area contributed by atoms with E-state index in [1.54, 1.807) is 24.3 Å². The highest BCUT2D eigenvalue weighted by Gasteiger charge is 2.18. The predicted octanol–water partition coefficient (Wildman–Crippen LogP) is 4.87. The maximum Gasteiger partial charge on any atom is 0.277 e. The number of ether oxygens (including phenoxy) is 1. The quantitative estimate of drug-likeness (QED) is 0.161. The van der Waals surface area contributed by atoms with Crippen molar-refractivity contribution >= 4 is 28.3 Å².